The molecule has 20 nitrogen and oxygen atoms in total. The zero-order valence-electron chi connectivity index (χ0n) is 52.0. The van der Waals surface area contributed by atoms with Gasteiger partial charge in [0.05, 0.1) is 68.3 Å². The van der Waals surface area contributed by atoms with Crippen molar-refractivity contribution in [1.29, 1.82) is 0 Å². The minimum absolute atomic E-state index is 0.0161. The highest BCUT2D eigenvalue weighted by atomic mass is 19.4. The Labute approximate surface area is 508 Å². The lowest BCUT2D eigenvalue weighted by molar-refractivity contribution is -0.197. The molecule has 4 amide bonds. The number of cyclic esters (lactones) is 1. The molecule has 7 fully saturated rings. The Kier molecular flexibility index (Phi) is 17.2. The first kappa shape index (κ1) is 61.5. The number of amides is 4. The highest BCUT2D eigenvalue weighted by molar-refractivity contribution is 5.96. The second-order valence-electron chi connectivity index (χ2n) is 27.7. The Bertz CT molecular complexity index is 3150. The van der Waals surface area contributed by atoms with Crippen LogP contribution in [0.15, 0.2) is 36.5 Å². The summed E-state index contributed by atoms with van der Waals surface area (Å²) in [5, 5.41) is 5.33. The molecule has 2 unspecified atom stereocenters. The van der Waals surface area contributed by atoms with Crippen molar-refractivity contribution in [2.75, 3.05) is 124 Å². The first-order valence-corrected chi connectivity index (χ1v) is 31.8. The van der Waals surface area contributed by atoms with Crippen LogP contribution in [0, 0.1) is 17.3 Å². The van der Waals surface area contributed by atoms with E-state index >= 15 is 22.8 Å². The lowest BCUT2D eigenvalue weighted by Gasteiger charge is -2.55. The second-order valence-corrected chi connectivity index (χ2v) is 27.7. The van der Waals surface area contributed by atoms with Crippen molar-refractivity contribution in [1.82, 2.24) is 54.7 Å². The Balaban J connectivity index is 0.839. The van der Waals surface area contributed by atoms with Gasteiger partial charge in [-0.3, -0.25) is 53.6 Å². The first-order chi connectivity index (χ1) is 41.5. The van der Waals surface area contributed by atoms with Gasteiger partial charge >= 0.3 is 12.1 Å². The van der Waals surface area contributed by atoms with Gasteiger partial charge in [-0.15, -0.1) is 0 Å². The first-order valence-electron chi connectivity index (χ1n) is 31.8. The number of nitrogens with one attached hydrogen (secondary N) is 2. The molecule has 12 rings (SSSR count). The summed E-state index contributed by atoms with van der Waals surface area (Å²) in [7, 11) is 5.03. The zero-order valence-corrected chi connectivity index (χ0v) is 52.0. The third-order valence-corrected chi connectivity index (χ3v) is 19.8. The molecule has 5 saturated heterocycles. The lowest BCUT2D eigenvalue weighted by atomic mass is 9.84. The number of hydrogen-bond donors (Lipinski definition) is 2. The molecule has 9 heterocycles. The van der Waals surface area contributed by atoms with Crippen LogP contribution in [0.2, 0.25) is 0 Å². The van der Waals surface area contributed by atoms with Gasteiger partial charge in [0.25, 0.3) is 5.91 Å². The SMILES string of the molecule is CO[C@@H](C)c1ncc(N2CCN(C3CC3)CC2)cc1-c1c2c3cc(ccc3n1CC(F)(F)F)C1=CCCN(C1)C[C@H](NC(=O)[C@H](C(C)C)N1CCOC3(CN(C(=O)[C@H]4[C@@H](C5CC5)N4CC(=O)N(C)C)C3)C1)C(=O)N1CCC[C@H](N1)C(=O)OCC(C)(C)C2. The number of piperazine rings is 1. The third-order valence-electron chi connectivity index (χ3n) is 19.8. The largest absolute Gasteiger partial charge is 0.464 e. The number of hydrazine groups is 1. The molecule has 2 N–H and O–H groups in total. The van der Waals surface area contributed by atoms with Gasteiger partial charge in [0.15, 0.2) is 0 Å². The fourth-order valence-electron chi connectivity index (χ4n) is 14.8. The summed E-state index contributed by atoms with van der Waals surface area (Å²) in [6, 6.07) is 5.47. The Morgan fingerprint density at radius 3 is 2.40 bits per heavy atom. The number of halogens is 3. The number of nitrogens with zero attached hydrogens (tertiary/aromatic N) is 10. The summed E-state index contributed by atoms with van der Waals surface area (Å²) in [6.45, 7) is 15.3. The molecule has 23 heteroatoms. The van der Waals surface area contributed by atoms with Gasteiger partial charge in [-0.05, 0) is 105 Å². The van der Waals surface area contributed by atoms with Crippen LogP contribution in [0.4, 0.5) is 18.9 Å². The van der Waals surface area contributed by atoms with Gasteiger partial charge in [0.2, 0.25) is 17.7 Å². The Hall–Kier alpha value is -5.69. The molecule has 3 aromatic rings. The zero-order chi connectivity index (χ0) is 61.4. The van der Waals surface area contributed by atoms with Crippen LogP contribution in [0.3, 0.4) is 0 Å². The minimum Gasteiger partial charge on any atom is -0.464 e. The van der Waals surface area contributed by atoms with Crippen molar-refractivity contribution in [2.24, 2.45) is 17.3 Å². The molecule has 6 bridgehead atoms. The molecule has 474 valence electrons. The van der Waals surface area contributed by atoms with E-state index in [0.717, 1.165) is 55.8 Å². The molecular formula is C64H89F3N12O8. The average molecular weight is 1210 g/mol. The number of carbonyl (C=O) groups is 5. The lowest BCUT2D eigenvalue weighted by Crippen LogP contribution is -2.73. The van der Waals surface area contributed by atoms with Crippen LogP contribution in [-0.2, 0) is 51.1 Å². The van der Waals surface area contributed by atoms with E-state index in [1.54, 1.807) is 32.2 Å². The number of ether oxygens (including phenoxy) is 3. The predicted molar refractivity (Wildman–Crippen MR) is 322 cm³/mol. The number of carbonyl (C=O) groups excluding carboxylic acids is 5. The van der Waals surface area contributed by atoms with Crippen molar-refractivity contribution in [3.05, 3.63) is 53.4 Å². The van der Waals surface area contributed by atoms with E-state index in [1.165, 1.54) is 22.4 Å². The summed E-state index contributed by atoms with van der Waals surface area (Å²) >= 11 is 0. The number of likely N-dealkylation sites (N-methyl/N-ethyl adjacent to an activating group) is 1. The second kappa shape index (κ2) is 24.3. The number of methoxy groups -OCH3 is 1. The maximum absolute atomic E-state index is 15.3. The minimum atomic E-state index is -4.60. The fourth-order valence-corrected chi connectivity index (χ4v) is 14.8. The molecule has 1 spiro atoms. The van der Waals surface area contributed by atoms with Crippen LogP contribution < -0.4 is 15.6 Å². The molecule has 1 aromatic carbocycles. The number of pyridine rings is 1. The van der Waals surface area contributed by atoms with E-state index in [2.05, 4.69) is 36.4 Å². The normalized spacial score (nSPS) is 28.0. The van der Waals surface area contributed by atoms with Crippen molar-refractivity contribution >= 4 is 51.8 Å². The fraction of sp³-hybridized carbons (Fsp3) is 0.688. The highest BCUT2D eigenvalue weighted by Gasteiger charge is 2.63. The maximum atomic E-state index is 15.3. The molecule has 0 radical (unpaired) electrons. The highest BCUT2D eigenvalue weighted by Crippen LogP contribution is 2.49. The molecule has 87 heavy (non-hydrogen) atoms. The van der Waals surface area contributed by atoms with Crippen LogP contribution in [-0.4, -0.2) is 241 Å². The number of esters is 1. The van der Waals surface area contributed by atoms with Crippen molar-refractivity contribution < 1.29 is 51.4 Å². The Morgan fingerprint density at radius 1 is 0.954 bits per heavy atom. The van der Waals surface area contributed by atoms with E-state index in [9.17, 15) is 14.4 Å². The van der Waals surface area contributed by atoms with Gasteiger partial charge in [-0.1, -0.05) is 39.8 Å². The Morgan fingerprint density at radius 2 is 1.71 bits per heavy atom. The van der Waals surface area contributed by atoms with E-state index in [0.29, 0.717) is 117 Å². The molecule has 2 aliphatic carbocycles. The molecule has 7 aliphatic heterocycles. The topological polar surface area (TPSA) is 181 Å². The van der Waals surface area contributed by atoms with E-state index in [4.69, 9.17) is 19.2 Å². The maximum Gasteiger partial charge on any atom is 0.406 e. The number of hydrogen-bond acceptors (Lipinski definition) is 15. The standard InChI is InChI=1S/C64H89F3N12O8/c1-39(2)54(75-25-26-87-63(34-75)35-76(36-63)60(83)57-55(41-13-14-41)77(57)33-52(80)71(6)7)58(81)69-50-32-72-19-9-11-43(31-72)42-15-18-51-46(27-42)48(29-62(4,5)38-86-61(84)49-12-10-20-79(70-49)59(50)82)56(78(51)37-64(65,66)67)47-28-45(30-68-53(47)40(3)85-8)74-23-21-73(22-24-74)44-16-17-44/h11,15,18,27-28,30,39-41,44,49-50,54-55,57,70H,9-10,12-14,16-17,19-26,29,31-38H2,1-8H3,(H,69,81)/t40-,49-,50-,54-,55+,57+,77?/m0/s1. The number of morpholine rings is 1. The number of benzene rings is 1. The summed E-state index contributed by atoms with van der Waals surface area (Å²) in [4.78, 5) is 90.8. The van der Waals surface area contributed by atoms with Crippen molar-refractivity contribution in [3.8, 4) is 11.3 Å². The number of anilines is 1. The number of fused-ring (bicyclic) bond motifs is 6. The smallest absolute Gasteiger partial charge is 0.406 e. The summed E-state index contributed by atoms with van der Waals surface area (Å²) in [5.74, 6) is -1.03. The van der Waals surface area contributed by atoms with Crippen LogP contribution in [0.1, 0.15) is 102 Å². The van der Waals surface area contributed by atoms with E-state index in [1.807, 2.05) is 68.8 Å². The quantitative estimate of drug-likeness (QED) is 0.164. The third kappa shape index (κ3) is 13.0. The van der Waals surface area contributed by atoms with Crippen molar-refractivity contribution in [2.45, 2.75) is 147 Å². The number of likely N-dealkylation sites (tertiary alicyclic amines) is 1. The summed E-state index contributed by atoms with van der Waals surface area (Å²) in [5.41, 5.74) is 6.86. The monoisotopic (exact) mass is 1210 g/mol. The molecule has 2 aromatic heterocycles. The van der Waals surface area contributed by atoms with Gasteiger partial charge in [-0.2, -0.15) is 13.2 Å². The molecule has 8 atom stereocenters. The van der Waals surface area contributed by atoms with E-state index < -0.39 is 53.9 Å². The molecule has 2 saturated carbocycles. The van der Waals surface area contributed by atoms with Crippen molar-refractivity contribution in [3.63, 3.8) is 0 Å². The molecule has 9 aliphatic rings. The van der Waals surface area contributed by atoms with Gasteiger partial charge in [-0.25, -0.2) is 5.43 Å². The van der Waals surface area contributed by atoms with Crippen LogP contribution in [0.25, 0.3) is 27.7 Å². The number of rotatable bonds is 14. The van der Waals surface area contributed by atoms with Crippen LogP contribution >= 0.6 is 0 Å². The number of aromatic nitrogens is 2. The summed E-state index contributed by atoms with van der Waals surface area (Å²) in [6.07, 6.45) is 5.09. The van der Waals surface area contributed by atoms with Gasteiger partial charge in [0, 0.05) is 121 Å². The van der Waals surface area contributed by atoms with Crippen LogP contribution in [0.5, 0.6) is 0 Å². The molecular weight excluding hydrogens is 1120 g/mol. The predicted octanol–water partition coefficient (Wildman–Crippen LogP) is 4.94. The van der Waals surface area contributed by atoms with Gasteiger partial charge < -0.3 is 38.8 Å². The number of alkyl halides is 3. The summed E-state index contributed by atoms with van der Waals surface area (Å²) < 4.78 is 65.7. The van der Waals surface area contributed by atoms with E-state index in [-0.39, 0.29) is 67.7 Å². The van der Waals surface area contributed by atoms with Gasteiger partial charge in [0.1, 0.15) is 30.3 Å². The average Bonchev–Trinajstić information content (AvgIpc) is 1.62.